The Balaban J connectivity index is 1.95. The second-order valence-electron chi connectivity index (χ2n) is 6.72. The number of hydrogen-bond acceptors (Lipinski definition) is 5. The van der Waals surface area contributed by atoms with Gasteiger partial charge in [-0.15, -0.1) is 0 Å². The minimum Gasteiger partial charge on any atom is -0.456 e. The van der Waals surface area contributed by atoms with Crippen LogP contribution in [0.4, 0.5) is 0 Å². The predicted octanol–water partition coefficient (Wildman–Crippen LogP) is 1.70. The number of hydrogen-bond donors (Lipinski definition) is 1. The zero-order chi connectivity index (χ0) is 20.3. The van der Waals surface area contributed by atoms with Crippen LogP contribution in [0, 0.1) is 6.92 Å². The number of rotatable bonds is 6. The Morgan fingerprint density at radius 1 is 1.14 bits per heavy atom. The van der Waals surface area contributed by atoms with Gasteiger partial charge in [-0.2, -0.15) is 4.31 Å². The number of amides is 1. The first-order valence-electron chi connectivity index (χ1n) is 8.89. The van der Waals surface area contributed by atoms with Crippen LogP contribution in [0.1, 0.15) is 29.2 Å². The lowest BCUT2D eigenvalue weighted by molar-refractivity contribution is -0.148. The van der Waals surface area contributed by atoms with E-state index in [4.69, 9.17) is 10.5 Å². The van der Waals surface area contributed by atoms with E-state index in [-0.39, 0.29) is 17.9 Å². The number of benzene rings is 2. The number of carbonyl (C=O) groups excluding carboxylic acids is 2. The summed E-state index contributed by atoms with van der Waals surface area (Å²) in [6, 6.07) is 13.3. The lowest BCUT2D eigenvalue weighted by Crippen LogP contribution is -2.41. The molecule has 28 heavy (non-hydrogen) atoms. The van der Waals surface area contributed by atoms with Crippen molar-refractivity contribution in [1.29, 1.82) is 0 Å². The number of fused-ring (bicyclic) bond motifs is 1. The zero-order valence-corrected chi connectivity index (χ0v) is 16.3. The van der Waals surface area contributed by atoms with Gasteiger partial charge < -0.3 is 10.5 Å². The number of nitrogens with two attached hydrogens (primary N) is 1. The number of primary amides is 1. The molecule has 0 aromatic heterocycles. The number of esters is 1. The Morgan fingerprint density at radius 2 is 1.82 bits per heavy atom. The van der Waals surface area contributed by atoms with E-state index in [1.165, 1.54) is 4.31 Å². The molecule has 148 valence electrons. The van der Waals surface area contributed by atoms with Gasteiger partial charge in [-0.3, -0.25) is 9.59 Å². The van der Waals surface area contributed by atoms with Crippen molar-refractivity contribution in [3.63, 3.8) is 0 Å². The maximum Gasteiger partial charge on any atom is 0.308 e. The smallest absolute Gasteiger partial charge is 0.308 e. The van der Waals surface area contributed by atoms with Crippen molar-refractivity contribution < 1.29 is 22.7 Å². The third-order valence-electron chi connectivity index (χ3n) is 4.73. The molecule has 0 bridgehead atoms. The largest absolute Gasteiger partial charge is 0.456 e. The number of ether oxygens (including phenoxy) is 1. The van der Waals surface area contributed by atoms with Crippen LogP contribution in [-0.4, -0.2) is 37.8 Å². The molecule has 2 aromatic carbocycles. The average Bonchev–Trinajstić information content (AvgIpc) is 2.67. The molecule has 1 atom stereocenters. The van der Waals surface area contributed by atoms with E-state index >= 15 is 0 Å². The number of nitrogens with zero attached hydrogens (tertiary/aromatic N) is 1. The molecule has 1 aliphatic rings. The van der Waals surface area contributed by atoms with Crippen LogP contribution in [-0.2, 0) is 30.8 Å². The summed E-state index contributed by atoms with van der Waals surface area (Å²) in [6.45, 7) is 1.60. The van der Waals surface area contributed by atoms with Gasteiger partial charge in [0.15, 0.2) is 6.61 Å². The van der Waals surface area contributed by atoms with Gasteiger partial charge in [0.05, 0.1) is 17.4 Å². The first-order chi connectivity index (χ1) is 13.3. The third-order valence-corrected chi connectivity index (χ3v) is 6.65. The molecule has 2 aromatic rings. The summed E-state index contributed by atoms with van der Waals surface area (Å²) in [5.41, 5.74) is 7.72. The van der Waals surface area contributed by atoms with Crippen LogP contribution in [0.15, 0.2) is 53.4 Å². The topological polar surface area (TPSA) is 107 Å². The molecule has 2 N–H and O–H groups in total. The van der Waals surface area contributed by atoms with Gasteiger partial charge in [-0.05, 0) is 36.6 Å². The van der Waals surface area contributed by atoms with Crippen LogP contribution < -0.4 is 5.73 Å². The molecular weight excluding hydrogens is 380 g/mol. The summed E-state index contributed by atoms with van der Waals surface area (Å²) in [5.74, 6) is -1.44. The van der Waals surface area contributed by atoms with E-state index in [2.05, 4.69) is 0 Å². The van der Waals surface area contributed by atoms with Crippen LogP contribution in [0.2, 0.25) is 0 Å². The molecule has 1 aliphatic heterocycles. The normalized spacial score (nSPS) is 17.0. The Morgan fingerprint density at radius 3 is 2.50 bits per heavy atom. The van der Waals surface area contributed by atoms with Crippen molar-refractivity contribution in [2.45, 2.75) is 30.7 Å². The SMILES string of the molecule is Cc1ccc(S(=O)(=O)N2CCc3ccccc3C2CC(=O)OCC(N)=O)cc1. The van der Waals surface area contributed by atoms with E-state index in [9.17, 15) is 18.0 Å². The lowest BCUT2D eigenvalue weighted by atomic mass is 9.92. The van der Waals surface area contributed by atoms with Gasteiger partial charge >= 0.3 is 5.97 Å². The third kappa shape index (κ3) is 4.23. The molecule has 8 heteroatoms. The van der Waals surface area contributed by atoms with Crippen LogP contribution in [0.5, 0.6) is 0 Å². The predicted molar refractivity (Wildman–Crippen MR) is 103 cm³/mol. The Hall–Kier alpha value is -2.71. The first-order valence-corrected chi connectivity index (χ1v) is 10.3. The Labute approximate surface area is 164 Å². The van der Waals surface area contributed by atoms with Gasteiger partial charge in [0.2, 0.25) is 10.0 Å². The standard InChI is InChI=1S/C20H22N2O5S/c1-14-6-8-16(9-7-14)28(25,26)22-11-10-15-4-2-3-5-17(15)18(22)12-20(24)27-13-19(21)23/h2-9,18H,10-13H2,1H3,(H2,21,23). The van der Waals surface area contributed by atoms with Crippen molar-refractivity contribution in [1.82, 2.24) is 4.31 Å². The summed E-state index contributed by atoms with van der Waals surface area (Å²) in [6.07, 6.45) is 0.351. The average molecular weight is 402 g/mol. The monoisotopic (exact) mass is 402 g/mol. The summed E-state index contributed by atoms with van der Waals surface area (Å²) in [5, 5.41) is 0. The molecule has 0 saturated heterocycles. The van der Waals surface area contributed by atoms with Crippen molar-refractivity contribution in [2.24, 2.45) is 5.73 Å². The van der Waals surface area contributed by atoms with Crippen molar-refractivity contribution in [2.75, 3.05) is 13.2 Å². The molecule has 7 nitrogen and oxygen atoms in total. The minimum absolute atomic E-state index is 0.174. The molecule has 0 radical (unpaired) electrons. The van der Waals surface area contributed by atoms with E-state index in [1.807, 2.05) is 31.2 Å². The zero-order valence-electron chi connectivity index (χ0n) is 15.5. The minimum atomic E-state index is -3.81. The highest BCUT2D eigenvalue weighted by atomic mass is 32.2. The Kier molecular flexibility index (Phi) is 5.81. The van der Waals surface area contributed by atoms with E-state index < -0.39 is 34.5 Å². The summed E-state index contributed by atoms with van der Waals surface area (Å²) in [7, 11) is -3.81. The highest BCUT2D eigenvalue weighted by molar-refractivity contribution is 7.89. The molecule has 3 rings (SSSR count). The molecule has 1 amide bonds. The number of sulfonamides is 1. The van der Waals surface area contributed by atoms with E-state index in [0.29, 0.717) is 6.42 Å². The molecular formula is C20H22N2O5S. The van der Waals surface area contributed by atoms with E-state index in [0.717, 1.165) is 16.7 Å². The second-order valence-corrected chi connectivity index (χ2v) is 8.62. The highest BCUT2D eigenvalue weighted by Crippen LogP contribution is 2.36. The fourth-order valence-electron chi connectivity index (χ4n) is 3.34. The number of carbonyl (C=O) groups is 2. The van der Waals surface area contributed by atoms with E-state index in [1.54, 1.807) is 24.3 Å². The maximum absolute atomic E-state index is 13.3. The van der Waals surface area contributed by atoms with Gasteiger partial charge in [0.25, 0.3) is 5.91 Å². The molecule has 1 heterocycles. The quantitative estimate of drug-likeness (QED) is 0.740. The van der Waals surface area contributed by atoms with Crippen LogP contribution in [0.3, 0.4) is 0 Å². The van der Waals surface area contributed by atoms with Crippen LogP contribution >= 0.6 is 0 Å². The Bertz CT molecular complexity index is 986. The van der Waals surface area contributed by atoms with Gasteiger partial charge in [0.1, 0.15) is 0 Å². The van der Waals surface area contributed by atoms with Gasteiger partial charge in [-0.1, -0.05) is 42.0 Å². The van der Waals surface area contributed by atoms with Crippen molar-refractivity contribution in [3.05, 3.63) is 65.2 Å². The lowest BCUT2D eigenvalue weighted by Gasteiger charge is -2.36. The molecule has 0 saturated carbocycles. The number of aryl methyl sites for hydroxylation is 1. The fraction of sp³-hybridized carbons (Fsp3) is 0.300. The van der Waals surface area contributed by atoms with Crippen molar-refractivity contribution >= 4 is 21.9 Å². The second kappa shape index (κ2) is 8.12. The van der Waals surface area contributed by atoms with Crippen molar-refractivity contribution in [3.8, 4) is 0 Å². The van der Waals surface area contributed by atoms with Gasteiger partial charge in [-0.25, -0.2) is 8.42 Å². The summed E-state index contributed by atoms with van der Waals surface area (Å²) >= 11 is 0. The maximum atomic E-state index is 13.3. The molecule has 1 unspecified atom stereocenters. The van der Waals surface area contributed by atoms with Crippen LogP contribution in [0.25, 0.3) is 0 Å². The molecule has 0 spiro atoms. The highest BCUT2D eigenvalue weighted by Gasteiger charge is 2.37. The summed E-state index contributed by atoms with van der Waals surface area (Å²) in [4.78, 5) is 23.3. The first kappa shape index (κ1) is 20.0. The fourth-order valence-corrected chi connectivity index (χ4v) is 4.95. The van der Waals surface area contributed by atoms with Gasteiger partial charge in [0, 0.05) is 6.54 Å². The molecule has 0 fully saturated rings. The molecule has 0 aliphatic carbocycles. The summed E-state index contributed by atoms with van der Waals surface area (Å²) < 4.78 is 32.7.